The second-order valence-corrected chi connectivity index (χ2v) is 4.74. The van der Waals surface area contributed by atoms with Crippen LogP contribution in [0.15, 0.2) is 29.3 Å². The van der Waals surface area contributed by atoms with E-state index in [1.807, 2.05) is 0 Å². The van der Waals surface area contributed by atoms with E-state index in [4.69, 9.17) is 0 Å². The van der Waals surface area contributed by atoms with E-state index >= 15 is 0 Å². The van der Waals surface area contributed by atoms with Crippen molar-refractivity contribution in [2.24, 2.45) is 4.99 Å². The van der Waals surface area contributed by atoms with Crippen molar-refractivity contribution in [1.82, 2.24) is 0 Å². The molecule has 0 aromatic heterocycles. The Morgan fingerprint density at radius 1 is 1.36 bits per heavy atom. The van der Waals surface area contributed by atoms with Crippen LogP contribution < -0.4 is 4.46 Å². The van der Waals surface area contributed by atoms with Gasteiger partial charge in [0.05, 0.1) is 0 Å². The third-order valence-electron chi connectivity index (χ3n) is 1.61. The van der Waals surface area contributed by atoms with Crippen molar-refractivity contribution in [2.75, 3.05) is 0 Å². The summed E-state index contributed by atoms with van der Waals surface area (Å²) in [6.07, 6.45) is 0. The summed E-state index contributed by atoms with van der Waals surface area (Å²) in [6, 6.07) is 8.43. The molecule has 0 spiro atoms. The molecule has 0 bridgehead atoms. The van der Waals surface area contributed by atoms with Crippen LogP contribution >= 0.6 is 0 Å². The number of para-hydroxylation sites is 1. The summed E-state index contributed by atoms with van der Waals surface area (Å²) in [6.45, 7) is 2.11. The normalized spacial score (nSPS) is 15.5. The van der Waals surface area contributed by atoms with Gasteiger partial charge in [0, 0.05) is 0 Å². The average Bonchev–Trinajstić information content (AvgIpc) is 2.04. The Kier molecular flexibility index (Phi) is 1.80. The van der Waals surface area contributed by atoms with E-state index in [0.717, 1.165) is 0 Å². The van der Waals surface area contributed by atoms with Crippen LogP contribution in [-0.2, 0) is 0 Å². The second kappa shape index (κ2) is 2.80. The molecule has 1 heterocycles. The first-order chi connectivity index (χ1) is 5.36. The zero-order valence-electron chi connectivity index (χ0n) is 6.37. The Morgan fingerprint density at radius 2 is 2.18 bits per heavy atom. The van der Waals surface area contributed by atoms with Crippen LogP contribution in [0, 0.1) is 0 Å². The Hall–Kier alpha value is -0.591. The van der Waals surface area contributed by atoms with Gasteiger partial charge in [-0.05, 0) is 0 Å². The molecule has 0 amide bonds. The number of rotatable bonds is 0. The summed E-state index contributed by atoms with van der Waals surface area (Å²) in [7, 11) is 0. The molecule has 0 N–H and O–H groups in total. The van der Waals surface area contributed by atoms with Gasteiger partial charge in [0.25, 0.3) is 0 Å². The maximum atomic E-state index is 4.48. The molecule has 0 saturated carbocycles. The van der Waals surface area contributed by atoms with Crippen molar-refractivity contribution in [1.29, 1.82) is 0 Å². The molecule has 2 rings (SSSR count). The average molecular weight is 210 g/mol. The number of fused-ring (bicyclic) bond motifs is 1. The summed E-state index contributed by atoms with van der Waals surface area (Å²) in [5.74, 6) is 0. The van der Waals surface area contributed by atoms with E-state index in [9.17, 15) is 0 Å². The molecule has 2 heteroatoms. The number of hydrogen-bond donors (Lipinski definition) is 0. The van der Waals surface area contributed by atoms with E-state index in [1.54, 1.807) is 0 Å². The van der Waals surface area contributed by atoms with Gasteiger partial charge in [-0.3, -0.25) is 0 Å². The summed E-state index contributed by atoms with van der Waals surface area (Å²) in [4.78, 5) is 4.48. The molecule has 1 aromatic carbocycles. The zero-order chi connectivity index (χ0) is 7.68. The van der Waals surface area contributed by atoms with Crippen molar-refractivity contribution in [3.8, 4) is 0 Å². The minimum atomic E-state index is 0.627. The van der Waals surface area contributed by atoms with Gasteiger partial charge in [-0.1, -0.05) is 0 Å². The molecule has 0 radical (unpaired) electrons. The first-order valence-electron chi connectivity index (χ1n) is 3.62. The van der Waals surface area contributed by atoms with Crippen molar-refractivity contribution < 1.29 is 0 Å². The van der Waals surface area contributed by atoms with Gasteiger partial charge >= 0.3 is 72.3 Å². The monoisotopic (exact) mass is 211 g/mol. The number of hydrogen-bond acceptors (Lipinski definition) is 1. The summed E-state index contributed by atoms with van der Waals surface area (Å²) in [5, 5.41) is 1.18. The van der Waals surface area contributed by atoms with Crippen LogP contribution in [0.3, 0.4) is 0 Å². The maximum absolute atomic E-state index is 4.48. The topological polar surface area (TPSA) is 12.4 Å². The molecule has 1 nitrogen and oxygen atoms in total. The molecule has 56 valence electrons. The molecule has 11 heavy (non-hydrogen) atoms. The van der Waals surface area contributed by atoms with E-state index in [-0.39, 0.29) is 0 Å². The van der Waals surface area contributed by atoms with E-state index in [1.165, 1.54) is 21.2 Å². The molecule has 0 saturated heterocycles. The van der Waals surface area contributed by atoms with Gasteiger partial charge in [0.15, 0.2) is 0 Å². The molecular formula is C9H9NSe. The number of aliphatic imine (C=N–C) groups is 1. The van der Waals surface area contributed by atoms with Crippen LogP contribution in [0.5, 0.6) is 0 Å². The van der Waals surface area contributed by atoms with Crippen molar-refractivity contribution >= 4 is 30.8 Å². The standard InChI is InChI=1S/C9H9NSe/c1-7-6-11-9-5-3-2-4-8(9)10-7/h2-5H,6H2,1H3. The predicted molar refractivity (Wildman–Crippen MR) is 49.4 cm³/mol. The Labute approximate surface area is 72.7 Å². The van der Waals surface area contributed by atoms with Crippen molar-refractivity contribution in [2.45, 2.75) is 12.2 Å². The third-order valence-corrected chi connectivity index (χ3v) is 4.17. The molecule has 0 fully saturated rings. The fourth-order valence-electron chi connectivity index (χ4n) is 1.09. The molecular weight excluding hydrogens is 201 g/mol. The van der Waals surface area contributed by atoms with Crippen LogP contribution in [0.1, 0.15) is 6.92 Å². The molecule has 1 aliphatic rings. The first kappa shape index (κ1) is 7.08. The van der Waals surface area contributed by atoms with Gasteiger partial charge < -0.3 is 0 Å². The first-order valence-corrected chi connectivity index (χ1v) is 5.69. The quantitative estimate of drug-likeness (QED) is 0.576. The molecule has 0 unspecified atom stereocenters. The summed E-state index contributed by atoms with van der Waals surface area (Å²) >= 11 is 0.627. The number of benzene rings is 1. The molecule has 0 aliphatic carbocycles. The van der Waals surface area contributed by atoms with E-state index < -0.39 is 0 Å². The van der Waals surface area contributed by atoms with Crippen molar-refractivity contribution in [3.05, 3.63) is 24.3 Å². The van der Waals surface area contributed by atoms with Gasteiger partial charge in [-0.2, -0.15) is 0 Å². The second-order valence-electron chi connectivity index (χ2n) is 2.60. The molecule has 1 aliphatic heterocycles. The fourth-order valence-corrected chi connectivity index (χ4v) is 2.91. The zero-order valence-corrected chi connectivity index (χ0v) is 8.09. The van der Waals surface area contributed by atoms with E-state index in [2.05, 4.69) is 36.2 Å². The van der Waals surface area contributed by atoms with Gasteiger partial charge in [-0.15, -0.1) is 0 Å². The summed E-state index contributed by atoms with van der Waals surface area (Å²) < 4.78 is 1.45. The Balaban J connectivity index is 2.51. The van der Waals surface area contributed by atoms with Gasteiger partial charge in [0.1, 0.15) is 0 Å². The predicted octanol–water partition coefficient (Wildman–Crippen LogP) is 1.54. The van der Waals surface area contributed by atoms with Crippen LogP contribution in [0.2, 0.25) is 5.32 Å². The third kappa shape index (κ3) is 1.37. The number of nitrogens with zero attached hydrogens (tertiary/aromatic N) is 1. The van der Waals surface area contributed by atoms with Gasteiger partial charge in [0.2, 0.25) is 0 Å². The van der Waals surface area contributed by atoms with Gasteiger partial charge in [-0.25, -0.2) is 0 Å². The molecule has 0 atom stereocenters. The van der Waals surface area contributed by atoms with Crippen molar-refractivity contribution in [3.63, 3.8) is 0 Å². The van der Waals surface area contributed by atoms with Crippen LogP contribution in [0.4, 0.5) is 5.69 Å². The molecule has 1 aromatic rings. The Bertz CT molecular complexity index is 304. The fraction of sp³-hybridized carbons (Fsp3) is 0.222. The van der Waals surface area contributed by atoms with Crippen LogP contribution in [-0.4, -0.2) is 20.7 Å². The SMILES string of the molecule is CC1=Nc2ccccc2[Se]C1. The van der Waals surface area contributed by atoms with E-state index in [0.29, 0.717) is 15.0 Å². The Morgan fingerprint density at radius 3 is 3.09 bits per heavy atom. The van der Waals surface area contributed by atoms with Crippen LogP contribution in [0.25, 0.3) is 0 Å². The summed E-state index contributed by atoms with van der Waals surface area (Å²) in [5.41, 5.74) is 2.47. The minimum absolute atomic E-state index is 0.627.